The minimum Gasteiger partial charge on any atom is -0.497 e. The Labute approximate surface area is 116 Å². The molecule has 0 aromatic rings. The summed E-state index contributed by atoms with van der Waals surface area (Å²) < 4.78 is 6.97. The summed E-state index contributed by atoms with van der Waals surface area (Å²) in [5, 5.41) is 12.7. The van der Waals surface area contributed by atoms with Crippen molar-refractivity contribution in [1.82, 2.24) is 5.32 Å². The van der Waals surface area contributed by atoms with E-state index in [0.717, 1.165) is 30.4 Å². The Balaban J connectivity index is 1.89. The number of aliphatic hydroxyl groups excluding tert-OH is 1. The fourth-order valence-corrected chi connectivity index (χ4v) is 3.51. The van der Waals surface area contributed by atoms with E-state index in [1.54, 1.807) is 0 Å². The van der Waals surface area contributed by atoms with Crippen LogP contribution in [0, 0.1) is 5.92 Å². The first kappa shape index (κ1) is 12.5. The third-order valence-electron chi connectivity index (χ3n) is 3.94. The van der Waals surface area contributed by atoms with Crippen LogP contribution in [-0.2, 0) is 4.74 Å². The van der Waals surface area contributed by atoms with Gasteiger partial charge < -0.3 is 15.2 Å². The smallest absolute Gasteiger partial charge is 0.106 e. The molecule has 0 spiro atoms. The quantitative estimate of drug-likeness (QED) is 0.840. The highest BCUT2D eigenvalue weighted by molar-refractivity contribution is 9.11. The zero-order valence-electron chi connectivity index (χ0n) is 10.2. The number of fused-ring (bicyclic) bond motifs is 2. The van der Waals surface area contributed by atoms with Gasteiger partial charge in [0.15, 0.2) is 0 Å². The molecule has 2 heterocycles. The summed E-state index contributed by atoms with van der Waals surface area (Å²) in [6.45, 7) is 1.09. The number of hydrogen-bond donors (Lipinski definition) is 2. The van der Waals surface area contributed by atoms with E-state index in [9.17, 15) is 0 Å². The lowest BCUT2D eigenvalue weighted by atomic mass is 9.83. The van der Waals surface area contributed by atoms with Crippen LogP contribution >= 0.6 is 15.9 Å². The van der Waals surface area contributed by atoms with Crippen molar-refractivity contribution in [2.24, 2.45) is 5.92 Å². The molecule has 3 rings (SSSR count). The highest BCUT2D eigenvalue weighted by Crippen LogP contribution is 2.39. The van der Waals surface area contributed by atoms with Crippen LogP contribution in [-0.4, -0.2) is 30.4 Å². The van der Waals surface area contributed by atoms with Gasteiger partial charge in [-0.15, -0.1) is 0 Å². The van der Waals surface area contributed by atoms with E-state index in [0.29, 0.717) is 12.0 Å². The Bertz CT molecular complexity index is 428. The van der Waals surface area contributed by atoms with Gasteiger partial charge in [-0.25, -0.2) is 0 Å². The number of nitrogens with one attached hydrogen (secondary N) is 1. The summed E-state index contributed by atoms with van der Waals surface area (Å²) in [6, 6.07) is 0.692. The lowest BCUT2D eigenvalue weighted by Gasteiger charge is -2.36. The molecule has 4 heteroatoms. The molecule has 0 amide bonds. The predicted molar refractivity (Wildman–Crippen MR) is 74.3 cm³/mol. The van der Waals surface area contributed by atoms with Gasteiger partial charge in [0.1, 0.15) is 5.76 Å². The van der Waals surface area contributed by atoms with Crippen LogP contribution < -0.4 is 5.32 Å². The second-order valence-electron chi connectivity index (χ2n) is 5.07. The molecule has 0 saturated carbocycles. The van der Waals surface area contributed by atoms with Gasteiger partial charge in [0, 0.05) is 28.6 Å². The maximum atomic E-state index is 9.00. The first-order valence-corrected chi connectivity index (χ1v) is 7.38. The number of hydrogen-bond acceptors (Lipinski definition) is 3. The second-order valence-corrected chi connectivity index (χ2v) is 5.98. The molecule has 2 N–H and O–H groups in total. The van der Waals surface area contributed by atoms with E-state index in [-0.39, 0.29) is 12.6 Å². The van der Waals surface area contributed by atoms with Crippen LogP contribution in [0.5, 0.6) is 0 Å². The summed E-state index contributed by atoms with van der Waals surface area (Å²) in [4.78, 5) is 0. The lowest BCUT2D eigenvalue weighted by Crippen LogP contribution is -2.47. The number of halogens is 1. The minimum atomic E-state index is 0.263. The van der Waals surface area contributed by atoms with Gasteiger partial charge in [0.2, 0.25) is 0 Å². The van der Waals surface area contributed by atoms with E-state index >= 15 is 0 Å². The van der Waals surface area contributed by atoms with Crippen molar-refractivity contribution in [1.29, 1.82) is 0 Å². The highest BCUT2D eigenvalue weighted by Gasteiger charge is 2.39. The molecule has 1 fully saturated rings. The average Bonchev–Trinajstić information content (AvgIpc) is 2.86. The van der Waals surface area contributed by atoms with Gasteiger partial charge in [-0.2, -0.15) is 0 Å². The minimum absolute atomic E-state index is 0.263. The highest BCUT2D eigenvalue weighted by atomic mass is 79.9. The maximum absolute atomic E-state index is 9.00. The summed E-state index contributed by atoms with van der Waals surface area (Å²) in [5.74, 6) is 1.65. The van der Waals surface area contributed by atoms with Crippen molar-refractivity contribution in [3.05, 3.63) is 34.0 Å². The normalized spacial score (nSPS) is 33.9. The lowest BCUT2D eigenvalue weighted by molar-refractivity contribution is 0.225. The summed E-state index contributed by atoms with van der Waals surface area (Å²) in [6.07, 6.45) is 9.37. The molecule has 3 nitrogen and oxygen atoms in total. The predicted octanol–water partition coefficient (Wildman–Crippen LogP) is 2.24. The third-order valence-corrected chi connectivity index (χ3v) is 4.43. The molecule has 0 radical (unpaired) electrons. The zero-order chi connectivity index (χ0) is 12.5. The molecule has 98 valence electrons. The standard InChI is InChI=1S/C14H18BrNO2/c15-9-3-4-13-11(8-9)14-10(5-7-18-14)12(16-13)2-1-6-17/h3-4,8,10,12-13,16-17H,1-2,5-7H2. The van der Waals surface area contributed by atoms with Gasteiger partial charge in [-0.1, -0.05) is 28.1 Å². The summed E-state index contributed by atoms with van der Waals surface area (Å²) >= 11 is 3.53. The monoisotopic (exact) mass is 311 g/mol. The molecule has 1 saturated heterocycles. The molecule has 3 unspecified atom stereocenters. The Morgan fingerprint density at radius 3 is 3.22 bits per heavy atom. The van der Waals surface area contributed by atoms with Gasteiger partial charge in [-0.05, 0) is 25.3 Å². The Kier molecular flexibility index (Phi) is 3.59. The SMILES string of the molecule is OCCCC1NC2C=CC(Br)=CC2=C2OCCC21. The van der Waals surface area contributed by atoms with Crippen LogP contribution in [0.1, 0.15) is 19.3 Å². The number of allylic oxidation sites excluding steroid dienone is 2. The van der Waals surface area contributed by atoms with Crippen molar-refractivity contribution >= 4 is 15.9 Å². The molecule has 0 aromatic heterocycles. The van der Waals surface area contributed by atoms with Gasteiger partial charge >= 0.3 is 0 Å². The first-order chi connectivity index (χ1) is 8.79. The topological polar surface area (TPSA) is 41.5 Å². The van der Waals surface area contributed by atoms with Crippen molar-refractivity contribution in [2.75, 3.05) is 13.2 Å². The van der Waals surface area contributed by atoms with E-state index in [4.69, 9.17) is 9.84 Å². The molecule has 3 atom stereocenters. The molecule has 1 aliphatic carbocycles. The van der Waals surface area contributed by atoms with E-state index in [1.165, 1.54) is 11.3 Å². The van der Waals surface area contributed by atoms with Crippen molar-refractivity contribution in [3.63, 3.8) is 0 Å². The molecule has 3 aliphatic rings. The van der Waals surface area contributed by atoms with Crippen LogP contribution in [0.4, 0.5) is 0 Å². The van der Waals surface area contributed by atoms with E-state index in [1.807, 2.05) is 0 Å². The summed E-state index contributed by atoms with van der Waals surface area (Å²) in [7, 11) is 0. The maximum Gasteiger partial charge on any atom is 0.106 e. The van der Waals surface area contributed by atoms with Gasteiger partial charge in [-0.3, -0.25) is 0 Å². The average molecular weight is 312 g/mol. The van der Waals surface area contributed by atoms with Crippen molar-refractivity contribution in [2.45, 2.75) is 31.3 Å². The van der Waals surface area contributed by atoms with Gasteiger partial charge in [0.05, 0.1) is 12.6 Å². The molecular weight excluding hydrogens is 294 g/mol. The van der Waals surface area contributed by atoms with Crippen LogP contribution in [0.2, 0.25) is 0 Å². The zero-order valence-corrected chi connectivity index (χ0v) is 11.8. The molecular formula is C14H18BrNO2. The summed E-state index contributed by atoms with van der Waals surface area (Å²) in [5.41, 5.74) is 1.27. The van der Waals surface area contributed by atoms with Crippen LogP contribution in [0.15, 0.2) is 34.0 Å². The Morgan fingerprint density at radius 1 is 1.50 bits per heavy atom. The fraction of sp³-hybridized carbons (Fsp3) is 0.571. The molecule has 18 heavy (non-hydrogen) atoms. The third kappa shape index (κ3) is 2.17. The number of rotatable bonds is 3. The second kappa shape index (κ2) is 5.19. The fourth-order valence-electron chi connectivity index (χ4n) is 3.11. The molecule has 0 bridgehead atoms. The molecule has 0 aromatic carbocycles. The Hall–Kier alpha value is -0.580. The van der Waals surface area contributed by atoms with Crippen molar-refractivity contribution < 1.29 is 9.84 Å². The van der Waals surface area contributed by atoms with Crippen LogP contribution in [0.25, 0.3) is 0 Å². The van der Waals surface area contributed by atoms with Gasteiger partial charge in [0.25, 0.3) is 0 Å². The Morgan fingerprint density at radius 2 is 2.39 bits per heavy atom. The van der Waals surface area contributed by atoms with Crippen molar-refractivity contribution in [3.8, 4) is 0 Å². The first-order valence-electron chi connectivity index (χ1n) is 6.59. The van der Waals surface area contributed by atoms with E-state index < -0.39 is 0 Å². The van der Waals surface area contributed by atoms with Crippen LogP contribution in [0.3, 0.4) is 0 Å². The van der Waals surface area contributed by atoms with E-state index in [2.05, 4.69) is 39.5 Å². The number of aliphatic hydroxyl groups is 1. The number of ether oxygens (including phenoxy) is 1. The molecule has 2 aliphatic heterocycles. The largest absolute Gasteiger partial charge is 0.497 e.